The highest BCUT2D eigenvalue weighted by molar-refractivity contribution is 5.37. The van der Waals surface area contributed by atoms with Crippen molar-refractivity contribution in [2.75, 3.05) is 7.11 Å². The Kier molecular flexibility index (Phi) is 4.16. The first kappa shape index (κ1) is 13.5. The van der Waals surface area contributed by atoms with Gasteiger partial charge in [0.15, 0.2) is 0 Å². The van der Waals surface area contributed by atoms with E-state index in [1.54, 1.807) is 18.3 Å². The van der Waals surface area contributed by atoms with Crippen LogP contribution in [0.3, 0.4) is 0 Å². The SMILES string of the molecule is CCn1ccnc1CC(N)c1c(F)cccc1OC. The average molecular weight is 263 g/mol. The normalized spacial score (nSPS) is 12.4. The second-order valence-corrected chi connectivity index (χ2v) is 4.30. The summed E-state index contributed by atoms with van der Waals surface area (Å²) < 4.78 is 21.1. The Bertz CT molecular complexity index is 553. The van der Waals surface area contributed by atoms with Crippen LogP contribution in [0.1, 0.15) is 24.4 Å². The first-order valence-electron chi connectivity index (χ1n) is 6.25. The lowest BCUT2D eigenvalue weighted by molar-refractivity contribution is 0.398. The van der Waals surface area contributed by atoms with Gasteiger partial charge in [0, 0.05) is 37.0 Å². The summed E-state index contributed by atoms with van der Waals surface area (Å²) in [6.45, 7) is 2.84. The van der Waals surface area contributed by atoms with Crippen molar-refractivity contribution in [3.05, 3.63) is 47.8 Å². The molecule has 1 aromatic carbocycles. The van der Waals surface area contributed by atoms with Gasteiger partial charge in [-0.25, -0.2) is 9.37 Å². The molecule has 5 heteroatoms. The van der Waals surface area contributed by atoms with Gasteiger partial charge < -0.3 is 15.0 Å². The van der Waals surface area contributed by atoms with E-state index in [4.69, 9.17) is 10.5 Å². The van der Waals surface area contributed by atoms with Gasteiger partial charge >= 0.3 is 0 Å². The first-order chi connectivity index (χ1) is 9.17. The molecule has 0 amide bonds. The Labute approximate surface area is 112 Å². The van der Waals surface area contributed by atoms with Crippen molar-refractivity contribution in [1.82, 2.24) is 9.55 Å². The van der Waals surface area contributed by atoms with Gasteiger partial charge in [-0.15, -0.1) is 0 Å². The van der Waals surface area contributed by atoms with E-state index in [9.17, 15) is 4.39 Å². The Morgan fingerprint density at radius 1 is 1.47 bits per heavy atom. The molecule has 4 nitrogen and oxygen atoms in total. The number of methoxy groups -OCH3 is 1. The molecule has 0 spiro atoms. The van der Waals surface area contributed by atoms with E-state index in [2.05, 4.69) is 4.98 Å². The number of aryl methyl sites for hydroxylation is 1. The highest BCUT2D eigenvalue weighted by Crippen LogP contribution is 2.28. The van der Waals surface area contributed by atoms with E-state index >= 15 is 0 Å². The average Bonchev–Trinajstić information content (AvgIpc) is 2.85. The fraction of sp³-hybridized carbons (Fsp3) is 0.357. The highest BCUT2D eigenvalue weighted by Gasteiger charge is 2.19. The third kappa shape index (κ3) is 2.76. The van der Waals surface area contributed by atoms with Crippen molar-refractivity contribution in [1.29, 1.82) is 0 Å². The molecule has 0 aliphatic carbocycles. The van der Waals surface area contributed by atoms with E-state index in [1.807, 2.05) is 17.7 Å². The van der Waals surface area contributed by atoms with Gasteiger partial charge in [0.25, 0.3) is 0 Å². The lowest BCUT2D eigenvalue weighted by Crippen LogP contribution is -2.18. The van der Waals surface area contributed by atoms with E-state index in [1.165, 1.54) is 13.2 Å². The van der Waals surface area contributed by atoms with Crippen molar-refractivity contribution in [2.24, 2.45) is 5.73 Å². The molecular formula is C14H18FN3O. The van der Waals surface area contributed by atoms with Crippen LogP contribution in [0.15, 0.2) is 30.6 Å². The zero-order valence-electron chi connectivity index (χ0n) is 11.1. The fourth-order valence-corrected chi connectivity index (χ4v) is 2.17. The number of rotatable bonds is 5. The molecule has 0 aliphatic rings. The lowest BCUT2D eigenvalue weighted by Gasteiger charge is -2.16. The second-order valence-electron chi connectivity index (χ2n) is 4.30. The largest absolute Gasteiger partial charge is 0.496 e. The molecule has 1 unspecified atom stereocenters. The summed E-state index contributed by atoms with van der Waals surface area (Å²) in [5.74, 6) is 0.976. The van der Waals surface area contributed by atoms with Crippen molar-refractivity contribution in [3.63, 3.8) is 0 Å². The molecule has 2 N–H and O–H groups in total. The quantitative estimate of drug-likeness (QED) is 0.900. The standard InChI is InChI=1S/C14H18FN3O/c1-3-18-8-7-17-13(18)9-11(16)14-10(15)5-4-6-12(14)19-2/h4-8,11H,3,9,16H2,1-2H3. The number of halogens is 1. The number of benzene rings is 1. The summed E-state index contributed by atoms with van der Waals surface area (Å²) in [6.07, 6.45) is 4.09. The van der Waals surface area contributed by atoms with Gasteiger partial charge in [-0.05, 0) is 19.1 Å². The van der Waals surface area contributed by atoms with E-state index < -0.39 is 6.04 Å². The summed E-state index contributed by atoms with van der Waals surface area (Å²) in [5.41, 5.74) is 6.51. The topological polar surface area (TPSA) is 53.1 Å². The van der Waals surface area contributed by atoms with Crippen molar-refractivity contribution < 1.29 is 9.13 Å². The van der Waals surface area contributed by atoms with Crippen LogP contribution in [0, 0.1) is 5.82 Å². The van der Waals surface area contributed by atoms with E-state index in [0.717, 1.165) is 12.4 Å². The highest BCUT2D eigenvalue weighted by atomic mass is 19.1. The molecule has 0 radical (unpaired) electrons. The number of hydrogen-bond acceptors (Lipinski definition) is 3. The molecule has 1 aromatic heterocycles. The first-order valence-corrected chi connectivity index (χ1v) is 6.25. The molecule has 102 valence electrons. The summed E-state index contributed by atoms with van der Waals surface area (Å²) in [6, 6.07) is 4.23. The fourth-order valence-electron chi connectivity index (χ4n) is 2.17. The van der Waals surface area contributed by atoms with Gasteiger partial charge in [-0.1, -0.05) is 6.07 Å². The molecule has 0 saturated heterocycles. The van der Waals surface area contributed by atoms with Crippen molar-refractivity contribution in [2.45, 2.75) is 25.9 Å². The Balaban J connectivity index is 2.27. The molecule has 1 heterocycles. The van der Waals surface area contributed by atoms with E-state index in [-0.39, 0.29) is 5.82 Å². The third-order valence-electron chi connectivity index (χ3n) is 3.15. The van der Waals surface area contributed by atoms with Crippen LogP contribution in [-0.2, 0) is 13.0 Å². The van der Waals surface area contributed by atoms with Crippen LogP contribution in [0.2, 0.25) is 0 Å². The summed E-state index contributed by atoms with van der Waals surface area (Å²) in [7, 11) is 1.51. The Morgan fingerprint density at radius 3 is 2.95 bits per heavy atom. The van der Waals surface area contributed by atoms with Crippen LogP contribution in [0.4, 0.5) is 4.39 Å². The number of imidazole rings is 1. The van der Waals surface area contributed by atoms with Gasteiger partial charge in [-0.3, -0.25) is 0 Å². The zero-order valence-corrected chi connectivity index (χ0v) is 11.1. The Morgan fingerprint density at radius 2 is 2.26 bits per heavy atom. The summed E-state index contributed by atoms with van der Waals surface area (Å²) in [5, 5.41) is 0. The minimum Gasteiger partial charge on any atom is -0.496 e. The third-order valence-corrected chi connectivity index (χ3v) is 3.15. The van der Waals surface area contributed by atoms with Gasteiger partial charge in [0.2, 0.25) is 0 Å². The molecule has 1 atom stereocenters. The maximum absolute atomic E-state index is 13.9. The number of aromatic nitrogens is 2. The molecule has 2 rings (SSSR count). The predicted octanol–water partition coefficient (Wildman–Crippen LogP) is 2.29. The maximum atomic E-state index is 13.9. The van der Waals surface area contributed by atoms with Crippen LogP contribution in [0.5, 0.6) is 5.75 Å². The maximum Gasteiger partial charge on any atom is 0.131 e. The summed E-state index contributed by atoms with van der Waals surface area (Å²) in [4.78, 5) is 4.26. The number of hydrogen-bond donors (Lipinski definition) is 1. The van der Waals surface area contributed by atoms with Gasteiger partial charge in [-0.2, -0.15) is 0 Å². The zero-order chi connectivity index (χ0) is 13.8. The number of ether oxygens (including phenoxy) is 1. The molecule has 0 aliphatic heterocycles. The van der Waals surface area contributed by atoms with Crippen LogP contribution >= 0.6 is 0 Å². The van der Waals surface area contributed by atoms with Crippen LogP contribution in [0.25, 0.3) is 0 Å². The van der Waals surface area contributed by atoms with Crippen molar-refractivity contribution >= 4 is 0 Å². The minimum absolute atomic E-state index is 0.346. The second kappa shape index (κ2) is 5.84. The molecule has 0 fully saturated rings. The Hall–Kier alpha value is -1.88. The monoisotopic (exact) mass is 263 g/mol. The van der Waals surface area contributed by atoms with Crippen LogP contribution < -0.4 is 10.5 Å². The molecular weight excluding hydrogens is 245 g/mol. The van der Waals surface area contributed by atoms with Gasteiger partial charge in [0.1, 0.15) is 17.4 Å². The molecule has 2 aromatic rings. The molecule has 0 saturated carbocycles. The van der Waals surface area contributed by atoms with E-state index in [0.29, 0.717) is 17.7 Å². The minimum atomic E-state index is -0.483. The number of nitrogens with two attached hydrogens (primary N) is 1. The number of nitrogens with zero attached hydrogens (tertiary/aromatic N) is 2. The summed E-state index contributed by atoms with van der Waals surface area (Å²) >= 11 is 0. The van der Waals surface area contributed by atoms with Gasteiger partial charge in [0.05, 0.1) is 7.11 Å². The molecule has 19 heavy (non-hydrogen) atoms. The predicted molar refractivity (Wildman–Crippen MR) is 71.5 cm³/mol. The van der Waals surface area contributed by atoms with Crippen LogP contribution in [-0.4, -0.2) is 16.7 Å². The lowest BCUT2D eigenvalue weighted by atomic mass is 10.0. The molecule has 0 bridgehead atoms. The van der Waals surface area contributed by atoms with Crippen molar-refractivity contribution in [3.8, 4) is 5.75 Å². The smallest absolute Gasteiger partial charge is 0.131 e.